The van der Waals surface area contributed by atoms with Gasteiger partial charge in [0, 0.05) is 24.3 Å². The highest BCUT2D eigenvalue weighted by molar-refractivity contribution is 8.14. The number of fused-ring (bicyclic) bond motifs is 1. The molecule has 2 heterocycles. The van der Waals surface area contributed by atoms with E-state index in [9.17, 15) is 24.0 Å². The van der Waals surface area contributed by atoms with Crippen molar-refractivity contribution in [3.63, 3.8) is 0 Å². The van der Waals surface area contributed by atoms with Gasteiger partial charge in [-0.3, -0.25) is 29.0 Å². The minimum absolute atomic E-state index is 0.0931. The van der Waals surface area contributed by atoms with E-state index in [-0.39, 0.29) is 41.5 Å². The third-order valence-corrected chi connectivity index (χ3v) is 5.14. The first kappa shape index (κ1) is 19.9. The van der Waals surface area contributed by atoms with Crippen molar-refractivity contribution in [2.24, 2.45) is 0 Å². The van der Waals surface area contributed by atoms with Crippen molar-refractivity contribution in [3.05, 3.63) is 29.3 Å². The van der Waals surface area contributed by atoms with Crippen LogP contribution in [0, 0.1) is 0 Å². The standard InChI is InChI=1S/C18H20N4O5S/c1-18(2,3)22-14(24)11-5-4-10(8-12(11)15(22)25)20-16(26)19-6-7-21-13(23)9-28-17(21)27/h4-5,8H,6-7,9H2,1-3H3,(H2,19,20,26). The quantitative estimate of drug-likeness (QED) is 0.741. The predicted molar refractivity (Wildman–Crippen MR) is 103 cm³/mol. The highest BCUT2D eigenvalue weighted by atomic mass is 32.2. The van der Waals surface area contributed by atoms with Crippen LogP contribution in [0.3, 0.4) is 0 Å². The molecule has 0 atom stereocenters. The monoisotopic (exact) mass is 404 g/mol. The number of rotatable bonds is 4. The van der Waals surface area contributed by atoms with Crippen LogP contribution in [-0.4, -0.2) is 63.2 Å². The molecule has 0 aromatic heterocycles. The van der Waals surface area contributed by atoms with E-state index >= 15 is 0 Å². The van der Waals surface area contributed by atoms with Crippen LogP contribution in [0.4, 0.5) is 15.3 Å². The lowest BCUT2D eigenvalue weighted by Gasteiger charge is -2.29. The molecule has 2 aliphatic rings. The second-order valence-corrected chi connectivity index (χ2v) is 8.28. The van der Waals surface area contributed by atoms with Gasteiger partial charge in [-0.1, -0.05) is 11.8 Å². The molecule has 0 spiro atoms. The van der Waals surface area contributed by atoms with Crippen LogP contribution in [0.25, 0.3) is 0 Å². The number of amides is 6. The molecule has 0 saturated carbocycles. The lowest BCUT2D eigenvalue weighted by molar-refractivity contribution is -0.124. The number of anilines is 1. The maximum Gasteiger partial charge on any atom is 0.319 e. The third-order valence-electron chi connectivity index (χ3n) is 4.28. The number of nitrogens with zero attached hydrogens (tertiary/aromatic N) is 2. The largest absolute Gasteiger partial charge is 0.336 e. The number of urea groups is 1. The van der Waals surface area contributed by atoms with Crippen molar-refractivity contribution in [2.75, 3.05) is 24.2 Å². The van der Waals surface area contributed by atoms with Gasteiger partial charge in [-0.05, 0) is 39.0 Å². The zero-order valence-electron chi connectivity index (χ0n) is 15.7. The summed E-state index contributed by atoms with van der Waals surface area (Å²) in [6, 6.07) is 3.97. The molecule has 6 amide bonds. The fourth-order valence-corrected chi connectivity index (χ4v) is 3.73. The molecule has 10 heteroatoms. The Kier molecular flexibility index (Phi) is 5.16. The molecule has 28 heavy (non-hydrogen) atoms. The maximum absolute atomic E-state index is 12.6. The predicted octanol–water partition coefficient (Wildman–Crippen LogP) is 1.90. The summed E-state index contributed by atoms with van der Waals surface area (Å²) in [5.41, 5.74) is 0.246. The summed E-state index contributed by atoms with van der Waals surface area (Å²) in [7, 11) is 0. The van der Waals surface area contributed by atoms with Crippen LogP contribution in [0.1, 0.15) is 41.5 Å². The number of hydrogen-bond donors (Lipinski definition) is 2. The minimum atomic E-state index is -0.652. The van der Waals surface area contributed by atoms with E-state index in [1.54, 1.807) is 26.8 Å². The summed E-state index contributed by atoms with van der Waals surface area (Å²) < 4.78 is 0. The highest BCUT2D eigenvalue weighted by Crippen LogP contribution is 2.30. The zero-order chi connectivity index (χ0) is 20.6. The summed E-state index contributed by atoms with van der Waals surface area (Å²) in [5, 5.41) is 4.81. The number of nitrogens with one attached hydrogen (secondary N) is 2. The Balaban J connectivity index is 1.61. The van der Waals surface area contributed by atoms with Crippen molar-refractivity contribution < 1.29 is 24.0 Å². The first-order valence-corrected chi connectivity index (χ1v) is 9.63. The molecule has 0 bridgehead atoms. The molecule has 9 nitrogen and oxygen atoms in total. The highest BCUT2D eigenvalue weighted by Gasteiger charge is 2.41. The lowest BCUT2D eigenvalue weighted by Crippen LogP contribution is -2.45. The van der Waals surface area contributed by atoms with Gasteiger partial charge in [-0.25, -0.2) is 4.79 Å². The summed E-state index contributed by atoms with van der Waals surface area (Å²) in [6.07, 6.45) is 0. The molecule has 3 rings (SSSR count). The van der Waals surface area contributed by atoms with Gasteiger partial charge < -0.3 is 10.6 Å². The van der Waals surface area contributed by atoms with Crippen LogP contribution < -0.4 is 10.6 Å². The third kappa shape index (κ3) is 3.72. The number of benzene rings is 1. The van der Waals surface area contributed by atoms with Crippen molar-refractivity contribution >= 4 is 46.4 Å². The second kappa shape index (κ2) is 7.27. The second-order valence-electron chi connectivity index (χ2n) is 7.36. The summed E-state index contributed by atoms with van der Waals surface area (Å²) >= 11 is 0.934. The zero-order valence-corrected chi connectivity index (χ0v) is 16.5. The van der Waals surface area contributed by atoms with Crippen molar-refractivity contribution in [2.45, 2.75) is 26.3 Å². The topological polar surface area (TPSA) is 116 Å². The molecule has 148 valence electrons. The average Bonchev–Trinajstić information content (AvgIpc) is 3.05. The smallest absolute Gasteiger partial charge is 0.319 e. The number of imide groups is 2. The molecule has 0 unspecified atom stereocenters. The van der Waals surface area contributed by atoms with Crippen molar-refractivity contribution in [3.8, 4) is 0 Å². The number of carbonyl (C=O) groups is 5. The Hall–Kier alpha value is -2.88. The number of thioether (sulfide) groups is 1. The van der Waals surface area contributed by atoms with Gasteiger partial charge in [-0.2, -0.15) is 0 Å². The Morgan fingerprint density at radius 1 is 1.11 bits per heavy atom. The summed E-state index contributed by atoms with van der Waals surface area (Å²) in [6.45, 7) is 5.51. The van der Waals surface area contributed by atoms with Crippen LogP contribution in [0.5, 0.6) is 0 Å². The Morgan fingerprint density at radius 3 is 2.39 bits per heavy atom. The van der Waals surface area contributed by atoms with Crippen molar-refractivity contribution in [1.82, 2.24) is 15.1 Å². The molecular weight excluding hydrogens is 384 g/mol. The van der Waals surface area contributed by atoms with Gasteiger partial charge in [0.15, 0.2) is 0 Å². The van der Waals surface area contributed by atoms with Gasteiger partial charge in [-0.15, -0.1) is 0 Å². The molecule has 1 aromatic rings. The Labute approximate surface area is 165 Å². The first-order chi connectivity index (χ1) is 13.1. The molecule has 0 radical (unpaired) electrons. The van der Waals surface area contributed by atoms with Crippen LogP contribution in [-0.2, 0) is 4.79 Å². The molecule has 0 aliphatic carbocycles. The maximum atomic E-state index is 12.6. The van der Waals surface area contributed by atoms with E-state index in [1.807, 2.05) is 0 Å². The van der Waals surface area contributed by atoms with E-state index in [4.69, 9.17) is 0 Å². The summed E-state index contributed by atoms with van der Waals surface area (Å²) in [4.78, 5) is 62.4. The van der Waals surface area contributed by atoms with Crippen LogP contribution >= 0.6 is 11.8 Å². The van der Waals surface area contributed by atoms with E-state index in [0.717, 1.165) is 16.7 Å². The van der Waals surface area contributed by atoms with Gasteiger partial charge in [0.2, 0.25) is 5.91 Å². The van der Waals surface area contributed by atoms with Gasteiger partial charge >= 0.3 is 6.03 Å². The fraction of sp³-hybridized carbons (Fsp3) is 0.389. The molecule has 1 fully saturated rings. The lowest BCUT2D eigenvalue weighted by atomic mass is 10.1. The number of hydrogen-bond acceptors (Lipinski definition) is 6. The SMILES string of the molecule is CC(C)(C)N1C(=O)c2ccc(NC(=O)NCCN3C(=O)CSC3=O)cc2C1=O. The van der Waals surface area contributed by atoms with Gasteiger partial charge in [0.1, 0.15) is 0 Å². The van der Waals surface area contributed by atoms with Gasteiger partial charge in [0.25, 0.3) is 17.1 Å². The van der Waals surface area contributed by atoms with E-state index in [0.29, 0.717) is 11.3 Å². The minimum Gasteiger partial charge on any atom is -0.336 e. The van der Waals surface area contributed by atoms with Crippen LogP contribution in [0.15, 0.2) is 18.2 Å². The van der Waals surface area contributed by atoms with E-state index in [2.05, 4.69) is 10.6 Å². The van der Waals surface area contributed by atoms with E-state index < -0.39 is 17.5 Å². The number of carbonyl (C=O) groups excluding carboxylic acids is 5. The first-order valence-electron chi connectivity index (χ1n) is 8.64. The van der Waals surface area contributed by atoms with Crippen molar-refractivity contribution in [1.29, 1.82) is 0 Å². The van der Waals surface area contributed by atoms with E-state index in [1.165, 1.54) is 17.0 Å². The Morgan fingerprint density at radius 2 is 1.79 bits per heavy atom. The molecule has 1 aromatic carbocycles. The van der Waals surface area contributed by atoms with Crippen LogP contribution in [0.2, 0.25) is 0 Å². The normalized spacial score (nSPS) is 16.7. The fourth-order valence-electron chi connectivity index (χ4n) is 2.98. The molecule has 2 N–H and O–H groups in total. The summed E-state index contributed by atoms with van der Waals surface area (Å²) in [5.74, 6) is -0.915. The Bertz CT molecular complexity index is 876. The molecule has 2 aliphatic heterocycles. The average molecular weight is 404 g/mol. The van der Waals surface area contributed by atoms with Gasteiger partial charge in [0.05, 0.1) is 16.9 Å². The molecule has 1 saturated heterocycles. The molecular formula is C18H20N4O5S.